The third-order valence-electron chi connectivity index (χ3n) is 2.28. The van der Waals surface area contributed by atoms with E-state index in [9.17, 15) is 15.2 Å². The lowest BCUT2D eigenvalue weighted by molar-refractivity contribution is -0.385. The second-order valence-corrected chi connectivity index (χ2v) is 4.64. The van der Waals surface area contributed by atoms with Crippen LogP contribution in [-0.2, 0) is 0 Å². The summed E-state index contributed by atoms with van der Waals surface area (Å²) < 4.78 is 5.33. The Kier molecular flexibility index (Phi) is 4.07. The SMILES string of the molecule is Cc1ccc(OCCC(C)(C)O)c([N+](=O)[O-])c1. The van der Waals surface area contributed by atoms with Crippen LogP contribution in [-0.4, -0.2) is 22.2 Å². The van der Waals surface area contributed by atoms with Gasteiger partial charge in [0.25, 0.3) is 0 Å². The maximum Gasteiger partial charge on any atom is 0.311 e. The summed E-state index contributed by atoms with van der Waals surface area (Å²) in [6.45, 7) is 5.36. The Hall–Kier alpha value is -1.62. The Bertz CT molecular complexity index is 409. The summed E-state index contributed by atoms with van der Waals surface area (Å²) in [5.41, 5.74) is -0.0632. The summed E-state index contributed by atoms with van der Waals surface area (Å²) in [7, 11) is 0. The van der Waals surface area contributed by atoms with Crippen molar-refractivity contribution < 1.29 is 14.8 Å². The maximum absolute atomic E-state index is 10.8. The van der Waals surface area contributed by atoms with Gasteiger partial charge in [0, 0.05) is 12.5 Å². The van der Waals surface area contributed by atoms with Crippen molar-refractivity contribution in [2.24, 2.45) is 0 Å². The fourth-order valence-electron chi connectivity index (χ4n) is 1.30. The molecule has 0 radical (unpaired) electrons. The van der Waals surface area contributed by atoms with Crippen LogP contribution < -0.4 is 4.74 Å². The molecule has 0 fully saturated rings. The molecule has 94 valence electrons. The van der Waals surface area contributed by atoms with Gasteiger partial charge in [0.2, 0.25) is 0 Å². The number of rotatable bonds is 5. The molecule has 0 amide bonds. The number of aliphatic hydroxyl groups is 1. The van der Waals surface area contributed by atoms with Crippen LogP contribution in [0, 0.1) is 17.0 Å². The Morgan fingerprint density at radius 2 is 2.12 bits per heavy atom. The van der Waals surface area contributed by atoms with Gasteiger partial charge in [0.05, 0.1) is 17.1 Å². The van der Waals surface area contributed by atoms with Gasteiger partial charge in [-0.15, -0.1) is 0 Å². The van der Waals surface area contributed by atoms with Gasteiger partial charge in [-0.3, -0.25) is 10.1 Å². The van der Waals surface area contributed by atoms with Gasteiger partial charge in [0.15, 0.2) is 5.75 Å². The highest BCUT2D eigenvalue weighted by molar-refractivity contribution is 5.48. The fraction of sp³-hybridized carbons (Fsp3) is 0.500. The Morgan fingerprint density at radius 3 is 2.65 bits per heavy atom. The van der Waals surface area contributed by atoms with Crippen LogP contribution in [0.4, 0.5) is 5.69 Å². The predicted octanol–water partition coefficient (Wildman–Crippen LogP) is 2.44. The molecule has 5 nitrogen and oxygen atoms in total. The minimum atomic E-state index is -0.834. The molecule has 0 spiro atoms. The van der Waals surface area contributed by atoms with Gasteiger partial charge in [-0.05, 0) is 32.4 Å². The molecule has 0 aliphatic carbocycles. The first kappa shape index (κ1) is 13.4. The minimum Gasteiger partial charge on any atom is -0.487 e. The summed E-state index contributed by atoms with van der Waals surface area (Å²) in [6.07, 6.45) is 0.415. The van der Waals surface area contributed by atoms with Gasteiger partial charge < -0.3 is 9.84 Å². The molecule has 1 rings (SSSR count). The largest absolute Gasteiger partial charge is 0.487 e. The predicted molar refractivity (Wildman–Crippen MR) is 64.2 cm³/mol. The molecule has 1 N–H and O–H groups in total. The molecule has 0 saturated heterocycles. The van der Waals surface area contributed by atoms with E-state index in [1.807, 2.05) is 0 Å². The topological polar surface area (TPSA) is 72.6 Å². The van der Waals surface area contributed by atoms with E-state index >= 15 is 0 Å². The number of ether oxygens (including phenoxy) is 1. The molecule has 0 atom stereocenters. The molecular formula is C12H17NO4. The fourth-order valence-corrected chi connectivity index (χ4v) is 1.30. The van der Waals surface area contributed by atoms with E-state index in [4.69, 9.17) is 4.74 Å². The van der Waals surface area contributed by atoms with Crippen LogP contribution >= 0.6 is 0 Å². The van der Waals surface area contributed by atoms with Crippen molar-refractivity contribution in [2.75, 3.05) is 6.61 Å². The van der Waals surface area contributed by atoms with Gasteiger partial charge >= 0.3 is 5.69 Å². The highest BCUT2D eigenvalue weighted by Crippen LogP contribution is 2.28. The molecule has 0 heterocycles. The van der Waals surface area contributed by atoms with Gasteiger partial charge in [-0.2, -0.15) is 0 Å². The monoisotopic (exact) mass is 239 g/mol. The number of nitro groups is 1. The van der Waals surface area contributed by atoms with E-state index in [1.54, 1.807) is 32.9 Å². The van der Waals surface area contributed by atoms with Gasteiger partial charge in [-0.25, -0.2) is 0 Å². The van der Waals surface area contributed by atoms with Crippen LogP contribution in [0.15, 0.2) is 18.2 Å². The van der Waals surface area contributed by atoms with Crippen molar-refractivity contribution in [1.82, 2.24) is 0 Å². The smallest absolute Gasteiger partial charge is 0.311 e. The lowest BCUT2D eigenvalue weighted by Gasteiger charge is -2.17. The molecule has 17 heavy (non-hydrogen) atoms. The molecule has 1 aromatic rings. The van der Waals surface area contributed by atoms with Crippen molar-refractivity contribution in [1.29, 1.82) is 0 Å². The molecule has 0 unspecified atom stereocenters. The number of nitrogens with zero attached hydrogens (tertiary/aromatic N) is 1. The standard InChI is InChI=1S/C12H17NO4/c1-9-4-5-11(10(8-9)13(15)16)17-7-6-12(2,3)14/h4-5,8,14H,6-7H2,1-3H3. The first-order valence-corrected chi connectivity index (χ1v) is 5.40. The average Bonchev–Trinajstić information content (AvgIpc) is 2.18. The van der Waals surface area contributed by atoms with Gasteiger partial charge in [-0.1, -0.05) is 6.07 Å². The second kappa shape index (κ2) is 5.14. The lowest BCUT2D eigenvalue weighted by Crippen LogP contribution is -2.21. The highest BCUT2D eigenvalue weighted by atomic mass is 16.6. The first-order chi connectivity index (χ1) is 7.79. The zero-order valence-corrected chi connectivity index (χ0v) is 10.3. The maximum atomic E-state index is 10.8. The number of hydrogen-bond donors (Lipinski definition) is 1. The summed E-state index contributed by atoms with van der Waals surface area (Å²) in [5, 5.41) is 20.3. The quantitative estimate of drug-likeness (QED) is 0.632. The summed E-state index contributed by atoms with van der Waals surface area (Å²) in [6, 6.07) is 4.81. The highest BCUT2D eigenvalue weighted by Gasteiger charge is 2.17. The zero-order chi connectivity index (χ0) is 13.1. The second-order valence-electron chi connectivity index (χ2n) is 4.64. The first-order valence-electron chi connectivity index (χ1n) is 5.40. The number of nitro benzene ring substituents is 1. The van der Waals surface area contributed by atoms with E-state index in [0.29, 0.717) is 6.42 Å². The van der Waals surface area contributed by atoms with Crippen molar-refractivity contribution >= 4 is 5.69 Å². The third kappa shape index (κ3) is 4.40. The Labute approximate surface area is 100 Å². The lowest BCUT2D eigenvalue weighted by atomic mass is 10.1. The van der Waals surface area contributed by atoms with Crippen molar-refractivity contribution in [3.63, 3.8) is 0 Å². The van der Waals surface area contributed by atoms with Crippen molar-refractivity contribution in [2.45, 2.75) is 32.8 Å². The summed E-state index contributed by atoms with van der Waals surface area (Å²) >= 11 is 0. The van der Waals surface area contributed by atoms with Crippen molar-refractivity contribution in [3.05, 3.63) is 33.9 Å². The minimum absolute atomic E-state index is 0.0410. The number of hydrogen-bond acceptors (Lipinski definition) is 4. The normalized spacial score (nSPS) is 11.3. The summed E-state index contributed by atoms with van der Waals surface area (Å²) in [4.78, 5) is 10.3. The third-order valence-corrected chi connectivity index (χ3v) is 2.28. The molecule has 0 aromatic heterocycles. The van der Waals surface area contributed by atoms with Crippen molar-refractivity contribution in [3.8, 4) is 5.75 Å². The van der Waals surface area contributed by atoms with E-state index in [-0.39, 0.29) is 18.0 Å². The molecule has 0 saturated carbocycles. The number of aryl methyl sites for hydroxylation is 1. The Balaban J connectivity index is 2.74. The van der Waals surface area contributed by atoms with Crippen LogP contribution in [0.5, 0.6) is 5.75 Å². The zero-order valence-electron chi connectivity index (χ0n) is 10.3. The average molecular weight is 239 g/mol. The summed E-state index contributed by atoms with van der Waals surface area (Å²) in [5.74, 6) is 0.241. The number of benzene rings is 1. The molecule has 0 aliphatic heterocycles. The van der Waals surface area contributed by atoms with Crippen LogP contribution in [0.1, 0.15) is 25.8 Å². The Morgan fingerprint density at radius 1 is 1.47 bits per heavy atom. The molecule has 5 heteroatoms. The van der Waals surface area contributed by atoms with E-state index in [1.165, 1.54) is 6.07 Å². The van der Waals surface area contributed by atoms with E-state index in [2.05, 4.69) is 0 Å². The van der Waals surface area contributed by atoms with E-state index in [0.717, 1.165) is 5.56 Å². The molecular weight excluding hydrogens is 222 g/mol. The molecule has 0 aliphatic rings. The molecule has 1 aromatic carbocycles. The van der Waals surface area contributed by atoms with Crippen LogP contribution in [0.2, 0.25) is 0 Å². The molecule has 0 bridgehead atoms. The van der Waals surface area contributed by atoms with Crippen LogP contribution in [0.25, 0.3) is 0 Å². The van der Waals surface area contributed by atoms with Crippen LogP contribution in [0.3, 0.4) is 0 Å². The van der Waals surface area contributed by atoms with E-state index < -0.39 is 10.5 Å². The van der Waals surface area contributed by atoms with Gasteiger partial charge in [0.1, 0.15) is 0 Å².